The number of hydrogen-bond acceptors (Lipinski definition) is 0. The zero-order valence-corrected chi connectivity index (χ0v) is 14.9. The summed E-state index contributed by atoms with van der Waals surface area (Å²) < 4.78 is 0. The van der Waals surface area contributed by atoms with Gasteiger partial charge in [0.15, 0.2) is 0 Å². The molecular formula is C23H32. The van der Waals surface area contributed by atoms with Crippen LogP contribution in [0.4, 0.5) is 0 Å². The van der Waals surface area contributed by atoms with Crippen LogP contribution < -0.4 is 0 Å². The Kier molecular flexibility index (Phi) is 9.05. The molecule has 1 saturated carbocycles. The smallest absolute Gasteiger partial charge is 0.0199 e. The van der Waals surface area contributed by atoms with Crippen LogP contribution in [0.15, 0.2) is 79.4 Å². The Morgan fingerprint density at radius 1 is 0.870 bits per heavy atom. The van der Waals surface area contributed by atoms with E-state index in [9.17, 15) is 0 Å². The lowest BCUT2D eigenvalue weighted by atomic mass is 9.64. The maximum Gasteiger partial charge on any atom is 0.0199 e. The number of allylic oxidation sites excluding steroid dienone is 6. The van der Waals surface area contributed by atoms with E-state index >= 15 is 0 Å². The number of benzene rings is 1. The molecule has 0 nitrogen and oxygen atoms in total. The molecule has 1 aromatic carbocycles. The fourth-order valence-electron chi connectivity index (χ4n) is 3.59. The van der Waals surface area contributed by atoms with Gasteiger partial charge in [0.25, 0.3) is 0 Å². The van der Waals surface area contributed by atoms with Crippen molar-refractivity contribution in [3.05, 3.63) is 85.0 Å². The van der Waals surface area contributed by atoms with E-state index in [1.165, 1.54) is 43.2 Å². The molecule has 0 heterocycles. The average Bonchev–Trinajstić information content (AvgIpc) is 2.96. The highest BCUT2D eigenvalue weighted by atomic mass is 14.4. The summed E-state index contributed by atoms with van der Waals surface area (Å²) in [5, 5.41) is 0. The van der Waals surface area contributed by atoms with Crippen LogP contribution in [0.25, 0.3) is 0 Å². The van der Waals surface area contributed by atoms with Gasteiger partial charge in [0.2, 0.25) is 0 Å². The molecule has 0 spiro atoms. The summed E-state index contributed by atoms with van der Waals surface area (Å²) in [6.45, 7) is 10.0. The highest BCUT2D eigenvalue weighted by Crippen LogP contribution is 2.45. The minimum Gasteiger partial charge on any atom is -0.106 e. The molecule has 0 aromatic heterocycles. The highest BCUT2D eigenvalue weighted by Gasteiger charge is 2.36. The van der Waals surface area contributed by atoms with Gasteiger partial charge in [-0.3, -0.25) is 0 Å². The molecule has 3 rings (SSSR count). The van der Waals surface area contributed by atoms with E-state index in [0.717, 1.165) is 6.42 Å². The fourth-order valence-corrected chi connectivity index (χ4v) is 3.59. The van der Waals surface area contributed by atoms with E-state index in [1.807, 2.05) is 13.8 Å². The number of hydrogen-bond donors (Lipinski definition) is 0. The second kappa shape index (κ2) is 10.8. The topological polar surface area (TPSA) is 0 Å². The van der Waals surface area contributed by atoms with Gasteiger partial charge in [0, 0.05) is 5.41 Å². The normalized spacial score (nSPS) is 18.4. The Hall–Kier alpha value is -1.82. The maximum atomic E-state index is 3.00. The predicted molar refractivity (Wildman–Crippen MR) is 105 cm³/mol. The predicted octanol–water partition coefficient (Wildman–Crippen LogP) is 7.16. The fraction of sp³-hybridized carbons (Fsp3) is 0.391. The molecule has 0 saturated heterocycles. The molecule has 124 valence electrons. The molecule has 0 radical (unpaired) electrons. The molecule has 0 unspecified atom stereocenters. The van der Waals surface area contributed by atoms with E-state index in [2.05, 4.69) is 73.9 Å². The molecule has 1 fully saturated rings. The van der Waals surface area contributed by atoms with Gasteiger partial charge in [-0.1, -0.05) is 93.8 Å². The zero-order valence-electron chi connectivity index (χ0n) is 14.9. The number of rotatable bonds is 2. The third-order valence-electron chi connectivity index (χ3n) is 4.58. The standard InChI is InChI=1S/C19H22.C2H6.C2H4/c1-2-6-12-17(11-5-1)19(15-9-4-10-16-19)18-13-7-3-8-14-18;2*1-2/h1-3,5,7-8,11-14H,4,6,9-10,15-16H2;1-2H3;1-2H2. The van der Waals surface area contributed by atoms with Gasteiger partial charge in [-0.15, -0.1) is 13.2 Å². The molecular weight excluding hydrogens is 276 g/mol. The Bertz CT molecular complexity index is 510. The first-order valence-corrected chi connectivity index (χ1v) is 9.01. The Balaban J connectivity index is 0.000000615. The molecule has 2 aliphatic carbocycles. The Labute approximate surface area is 143 Å². The van der Waals surface area contributed by atoms with Gasteiger partial charge < -0.3 is 0 Å². The minimum atomic E-state index is 0.266. The van der Waals surface area contributed by atoms with Crippen LogP contribution in [-0.2, 0) is 5.41 Å². The van der Waals surface area contributed by atoms with E-state index in [-0.39, 0.29) is 5.41 Å². The van der Waals surface area contributed by atoms with Gasteiger partial charge in [-0.25, -0.2) is 0 Å². The monoisotopic (exact) mass is 308 g/mol. The molecule has 0 N–H and O–H groups in total. The van der Waals surface area contributed by atoms with E-state index < -0.39 is 0 Å². The van der Waals surface area contributed by atoms with Crippen LogP contribution in [0.5, 0.6) is 0 Å². The van der Waals surface area contributed by atoms with Crippen LogP contribution in [0.2, 0.25) is 0 Å². The maximum absolute atomic E-state index is 3.00. The molecule has 0 bridgehead atoms. The summed E-state index contributed by atoms with van der Waals surface area (Å²) in [5.74, 6) is 0. The van der Waals surface area contributed by atoms with E-state index in [0.29, 0.717) is 0 Å². The van der Waals surface area contributed by atoms with Crippen LogP contribution in [0.1, 0.15) is 57.9 Å². The lowest BCUT2D eigenvalue weighted by Crippen LogP contribution is -2.30. The van der Waals surface area contributed by atoms with Crippen molar-refractivity contribution in [1.82, 2.24) is 0 Å². The zero-order chi connectivity index (χ0) is 17.0. The van der Waals surface area contributed by atoms with Crippen molar-refractivity contribution in [3.8, 4) is 0 Å². The largest absolute Gasteiger partial charge is 0.106 e. The summed E-state index contributed by atoms with van der Waals surface area (Å²) in [5.41, 5.74) is 3.30. The summed E-state index contributed by atoms with van der Waals surface area (Å²) in [7, 11) is 0. The first-order valence-electron chi connectivity index (χ1n) is 9.01. The second-order valence-corrected chi connectivity index (χ2v) is 5.69. The van der Waals surface area contributed by atoms with Crippen molar-refractivity contribution in [2.45, 2.75) is 57.8 Å². The molecule has 23 heavy (non-hydrogen) atoms. The van der Waals surface area contributed by atoms with Crippen LogP contribution >= 0.6 is 0 Å². The highest BCUT2D eigenvalue weighted by molar-refractivity contribution is 5.44. The van der Waals surface area contributed by atoms with E-state index in [1.54, 1.807) is 0 Å². The summed E-state index contributed by atoms with van der Waals surface area (Å²) in [6, 6.07) is 11.1. The van der Waals surface area contributed by atoms with Crippen molar-refractivity contribution >= 4 is 0 Å². The third-order valence-corrected chi connectivity index (χ3v) is 4.58. The van der Waals surface area contributed by atoms with Crippen LogP contribution in [0, 0.1) is 0 Å². The van der Waals surface area contributed by atoms with Crippen molar-refractivity contribution in [3.63, 3.8) is 0 Å². The summed E-state index contributed by atoms with van der Waals surface area (Å²) in [4.78, 5) is 0. The SMILES string of the molecule is C1=CCC=C(C2(c3ccccc3)CCCCC2)C=C1.C=C.CC. The lowest BCUT2D eigenvalue weighted by Gasteiger charge is -2.39. The van der Waals surface area contributed by atoms with Gasteiger partial charge >= 0.3 is 0 Å². The Morgan fingerprint density at radius 3 is 2.17 bits per heavy atom. The Morgan fingerprint density at radius 2 is 1.52 bits per heavy atom. The van der Waals surface area contributed by atoms with Crippen molar-refractivity contribution in [2.75, 3.05) is 0 Å². The second-order valence-electron chi connectivity index (χ2n) is 5.69. The summed E-state index contributed by atoms with van der Waals surface area (Å²) >= 11 is 0. The molecule has 1 aromatic rings. The van der Waals surface area contributed by atoms with Crippen LogP contribution in [0.3, 0.4) is 0 Å². The average molecular weight is 309 g/mol. The molecule has 0 amide bonds. The van der Waals surface area contributed by atoms with Gasteiger partial charge in [0.05, 0.1) is 0 Å². The molecule has 0 atom stereocenters. The molecule has 2 aliphatic rings. The molecule has 0 aliphatic heterocycles. The minimum absolute atomic E-state index is 0.266. The van der Waals surface area contributed by atoms with Crippen LogP contribution in [-0.4, -0.2) is 0 Å². The lowest BCUT2D eigenvalue weighted by molar-refractivity contribution is 0.344. The van der Waals surface area contributed by atoms with Crippen molar-refractivity contribution < 1.29 is 0 Å². The van der Waals surface area contributed by atoms with Gasteiger partial charge in [-0.05, 0) is 30.4 Å². The summed E-state index contributed by atoms with van der Waals surface area (Å²) in [6.07, 6.45) is 19.1. The van der Waals surface area contributed by atoms with Gasteiger partial charge in [0.1, 0.15) is 0 Å². The van der Waals surface area contributed by atoms with Crippen molar-refractivity contribution in [1.29, 1.82) is 0 Å². The van der Waals surface area contributed by atoms with Gasteiger partial charge in [-0.2, -0.15) is 0 Å². The van der Waals surface area contributed by atoms with Crippen molar-refractivity contribution in [2.24, 2.45) is 0 Å². The third kappa shape index (κ3) is 4.82. The quantitative estimate of drug-likeness (QED) is 0.508. The first-order chi connectivity index (χ1) is 11.4. The van der Waals surface area contributed by atoms with E-state index in [4.69, 9.17) is 0 Å². The molecule has 0 heteroatoms. The first kappa shape index (κ1) is 19.2.